The third-order valence-corrected chi connectivity index (χ3v) is 6.99. The van der Waals surface area contributed by atoms with Crippen molar-refractivity contribution < 1.29 is 23.8 Å². The maximum Gasteiger partial charge on any atom is 0.407 e. The Kier molecular flexibility index (Phi) is 6.55. The maximum atomic E-state index is 15.6. The fourth-order valence-corrected chi connectivity index (χ4v) is 5.20. The fraction of sp³-hybridized carbons (Fsp3) is 0.577. The number of hydrogen-bond donors (Lipinski definition) is 2. The number of carbonyl (C=O) groups excluding carboxylic acids is 1. The molecule has 2 aromatic rings. The van der Waals surface area contributed by atoms with Gasteiger partial charge in [-0.15, -0.1) is 0 Å². The van der Waals surface area contributed by atoms with Gasteiger partial charge in [0.1, 0.15) is 11.2 Å². The minimum Gasteiger partial charge on any atom is -0.477 e. The third-order valence-electron chi connectivity index (χ3n) is 6.99. The number of fused-ring (bicyclic) bond motifs is 1. The summed E-state index contributed by atoms with van der Waals surface area (Å²) in [7, 11) is 0. The molecule has 1 aliphatic heterocycles. The lowest BCUT2D eigenvalue weighted by molar-refractivity contribution is 0.0478. The van der Waals surface area contributed by atoms with Crippen molar-refractivity contribution in [1.82, 2.24) is 9.72 Å². The number of nitrogens with one attached hydrogen (secondary N) is 1. The number of amides is 1. The molecular formula is C26H34FN3O5. The van der Waals surface area contributed by atoms with E-state index in [1.807, 2.05) is 4.90 Å². The van der Waals surface area contributed by atoms with Crippen LogP contribution in [0.15, 0.2) is 17.1 Å². The average molecular weight is 488 g/mol. The van der Waals surface area contributed by atoms with Crippen molar-refractivity contribution in [2.75, 3.05) is 18.0 Å². The average Bonchev–Trinajstić information content (AvgIpc) is 3.58. The van der Waals surface area contributed by atoms with Crippen LogP contribution in [0.3, 0.4) is 0 Å². The first-order valence-electron chi connectivity index (χ1n) is 12.3. The molecule has 1 aliphatic carbocycles. The Morgan fingerprint density at radius 3 is 2.51 bits per heavy atom. The van der Waals surface area contributed by atoms with Gasteiger partial charge in [0.15, 0.2) is 5.82 Å². The molecule has 2 aromatic heterocycles. The van der Waals surface area contributed by atoms with Gasteiger partial charge in [0.25, 0.3) is 5.56 Å². The van der Waals surface area contributed by atoms with E-state index < -0.39 is 29.0 Å². The first kappa shape index (κ1) is 25.0. The monoisotopic (exact) mass is 487 g/mol. The Morgan fingerprint density at radius 2 is 1.94 bits per heavy atom. The SMILES string of the molecule is CC[C@H]1CCN(c2c(F)cn3c(=O)c(C(=O)O)cc(C4CC4)c3c2C)C[C@H]1NC(=O)OC(C)(C)C. The molecule has 1 saturated heterocycles. The number of piperidine rings is 1. The van der Waals surface area contributed by atoms with Crippen molar-refractivity contribution >= 4 is 23.3 Å². The van der Waals surface area contributed by atoms with E-state index in [9.17, 15) is 19.5 Å². The Hall–Kier alpha value is -3.10. The second-order valence-corrected chi connectivity index (χ2v) is 10.7. The number of rotatable bonds is 5. The van der Waals surface area contributed by atoms with Gasteiger partial charge in [-0.25, -0.2) is 14.0 Å². The minimum absolute atomic E-state index is 0.160. The highest BCUT2D eigenvalue weighted by Crippen LogP contribution is 2.44. The van der Waals surface area contributed by atoms with Gasteiger partial charge in [-0.05, 0) is 76.0 Å². The van der Waals surface area contributed by atoms with Gasteiger partial charge in [-0.3, -0.25) is 9.20 Å². The van der Waals surface area contributed by atoms with Crippen molar-refractivity contribution in [3.05, 3.63) is 45.1 Å². The molecule has 4 rings (SSSR count). The molecule has 9 heteroatoms. The van der Waals surface area contributed by atoms with Gasteiger partial charge in [0.05, 0.1) is 23.4 Å². The molecule has 2 aliphatic rings. The van der Waals surface area contributed by atoms with Crippen LogP contribution in [0.1, 0.15) is 80.8 Å². The molecule has 3 heterocycles. The Balaban J connectivity index is 1.74. The van der Waals surface area contributed by atoms with Crippen LogP contribution in [0.4, 0.5) is 14.9 Å². The van der Waals surface area contributed by atoms with E-state index in [4.69, 9.17) is 4.74 Å². The zero-order chi connectivity index (χ0) is 25.7. The first-order valence-corrected chi connectivity index (χ1v) is 12.3. The lowest BCUT2D eigenvalue weighted by Crippen LogP contribution is -2.53. The number of pyridine rings is 2. The van der Waals surface area contributed by atoms with Crippen LogP contribution in [0.5, 0.6) is 0 Å². The summed E-state index contributed by atoms with van der Waals surface area (Å²) in [5.74, 6) is -1.52. The first-order chi connectivity index (χ1) is 16.4. The summed E-state index contributed by atoms with van der Waals surface area (Å²) in [6.07, 6.45) is 4.06. The third kappa shape index (κ3) is 4.99. The Bertz CT molecular complexity index is 1230. The van der Waals surface area contributed by atoms with E-state index in [-0.39, 0.29) is 23.4 Å². The van der Waals surface area contributed by atoms with Crippen molar-refractivity contribution in [1.29, 1.82) is 0 Å². The highest BCUT2D eigenvalue weighted by molar-refractivity contribution is 5.89. The molecule has 0 spiro atoms. The number of aromatic carboxylic acids is 1. The van der Waals surface area contributed by atoms with Crippen LogP contribution in [0, 0.1) is 18.7 Å². The molecule has 35 heavy (non-hydrogen) atoms. The summed E-state index contributed by atoms with van der Waals surface area (Å²) in [5.41, 5.74) is 0.635. The van der Waals surface area contributed by atoms with Gasteiger partial charge in [-0.2, -0.15) is 0 Å². The van der Waals surface area contributed by atoms with E-state index in [2.05, 4.69) is 12.2 Å². The van der Waals surface area contributed by atoms with E-state index in [1.54, 1.807) is 27.7 Å². The van der Waals surface area contributed by atoms with Crippen molar-refractivity contribution in [3.63, 3.8) is 0 Å². The smallest absolute Gasteiger partial charge is 0.407 e. The van der Waals surface area contributed by atoms with E-state index in [0.29, 0.717) is 29.9 Å². The second kappa shape index (κ2) is 9.17. The summed E-state index contributed by atoms with van der Waals surface area (Å²) in [4.78, 5) is 38.9. The van der Waals surface area contributed by atoms with Crippen LogP contribution < -0.4 is 15.8 Å². The van der Waals surface area contributed by atoms with Crippen LogP contribution in [-0.4, -0.2) is 46.3 Å². The molecule has 8 nitrogen and oxygen atoms in total. The summed E-state index contributed by atoms with van der Waals surface area (Å²) in [6.45, 7) is 10.3. The molecule has 2 N–H and O–H groups in total. The highest BCUT2D eigenvalue weighted by Gasteiger charge is 2.34. The summed E-state index contributed by atoms with van der Waals surface area (Å²) < 4.78 is 22.2. The van der Waals surface area contributed by atoms with E-state index in [0.717, 1.165) is 41.8 Å². The molecule has 1 amide bonds. The molecule has 190 valence electrons. The lowest BCUT2D eigenvalue weighted by atomic mass is 9.88. The van der Waals surface area contributed by atoms with Crippen LogP contribution >= 0.6 is 0 Å². The normalized spacial score (nSPS) is 20.7. The molecular weight excluding hydrogens is 453 g/mol. The standard InChI is InChI=1S/C26H34FN3O5/c1-6-15-9-10-29(13-20(15)28-25(34)35-26(3,4)5)22-14(2)21-17(16-7-8-16)11-18(24(32)33)23(31)30(21)12-19(22)27/h11-12,15-16,20H,6-10,13H2,1-5H3,(H,28,34)(H,32,33)/t15-,20+/m0/s1. The molecule has 2 fully saturated rings. The number of hydrogen-bond acceptors (Lipinski definition) is 5. The van der Waals surface area contributed by atoms with Gasteiger partial charge >= 0.3 is 12.1 Å². The number of carboxylic acids is 1. The van der Waals surface area contributed by atoms with Gasteiger partial charge < -0.3 is 20.1 Å². The molecule has 0 unspecified atom stereocenters. The second-order valence-electron chi connectivity index (χ2n) is 10.7. The Morgan fingerprint density at radius 1 is 1.26 bits per heavy atom. The quantitative estimate of drug-likeness (QED) is 0.646. The number of alkyl carbamates (subject to hydrolysis) is 1. The number of aromatic nitrogens is 1. The summed E-state index contributed by atoms with van der Waals surface area (Å²) in [6, 6.07) is 1.24. The number of halogens is 1. The lowest BCUT2D eigenvalue weighted by Gasteiger charge is -2.40. The zero-order valence-electron chi connectivity index (χ0n) is 21.0. The topological polar surface area (TPSA) is 100 Å². The van der Waals surface area contributed by atoms with Crippen LogP contribution in [0.25, 0.3) is 5.52 Å². The van der Waals surface area contributed by atoms with E-state index >= 15 is 4.39 Å². The highest BCUT2D eigenvalue weighted by atomic mass is 19.1. The predicted molar refractivity (Wildman–Crippen MR) is 131 cm³/mol. The van der Waals surface area contributed by atoms with E-state index in [1.165, 1.54) is 6.07 Å². The zero-order valence-corrected chi connectivity index (χ0v) is 21.0. The Labute approximate surface area is 204 Å². The van der Waals surface area contributed by atoms with Crippen molar-refractivity contribution in [3.8, 4) is 0 Å². The fourth-order valence-electron chi connectivity index (χ4n) is 5.20. The summed E-state index contributed by atoms with van der Waals surface area (Å²) in [5, 5.41) is 12.5. The number of carbonyl (C=O) groups is 2. The van der Waals surface area contributed by atoms with Crippen LogP contribution in [0.2, 0.25) is 0 Å². The number of nitrogens with zero attached hydrogens (tertiary/aromatic N) is 2. The number of carboxylic acid groups (broad SMARTS) is 1. The molecule has 0 aromatic carbocycles. The minimum atomic E-state index is -1.31. The molecule has 2 atom stereocenters. The van der Waals surface area contributed by atoms with Gasteiger partial charge in [-0.1, -0.05) is 13.3 Å². The largest absolute Gasteiger partial charge is 0.477 e. The van der Waals surface area contributed by atoms with Gasteiger partial charge in [0, 0.05) is 13.1 Å². The predicted octanol–water partition coefficient (Wildman–Crippen LogP) is 4.45. The van der Waals surface area contributed by atoms with Crippen molar-refractivity contribution in [2.45, 2.75) is 77.9 Å². The van der Waals surface area contributed by atoms with Crippen molar-refractivity contribution in [2.24, 2.45) is 5.92 Å². The number of aryl methyl sites for hydroxylation is 1. The molecule has 1 saturated carbocycles. The molecule has 0 radical (unpaired) electrons. The van der Waals surface area contributed by atoms with Crippen LogP contribution in [-0.2, 0) is 4.74 Å². The molecule has 0 bridgehead atoms. The number of anilines is 1. The maximum absolute atomic E-state index is 15.6. The summed E-state index contributed by atoms with van der Waals surface area (Å²) >= 11 is 0. The number of ether oxygens (including phenoxy) is 1. The van der Waals surface area contributed by atoms with Gasteiger partial charge in [0.2, 0.25) is 0 Å².